The van der Waals surface area contributed by atoms with Crippen molar-refractivity contribution in [3.05, 3.63) is 131 Å². The van der Waals surface area contributed by atoms with Crippen LogP contribution in [-0.2, 0) is 32.2 Å². The Bertz CT molecular complexity index is 2040. The molecule has 4 aromatic rings. The van der Waals surface area contributed by atoms with Crippen molar-refractivity contribution in [1.29, 1.82) is 0 Å². The monoisotopic (exact) mass is 666 g/mol. The predicted octanol–water partition coefficient (Wildman–Crippen LogP) is 6.97. The lowest BCUT2D eigenvalue weighted by Gasteiger charge is -2.49. The van der Waals surface area contributed by atoms with Gasteiger partial charge >= 0.3 is 0 Å². The first-order valence-corrected chi connectivity index (χ1v) is 17.3. The number of para-hydroxylation sites is 1. The number of aryl methyl sites for hydroxylation is 1. The van der Waals surface area contributed by atoms with E-state index in [4.69, 9.17) is 4.74 Å². The number of benzene rings is 4. The van der Waals surface area contributed by atoms with Gasteiger partial charge in [0.1, 0.15) is 18.1 Å². The summed E-state index contributed by atoms with van der Waals surface area (Å²) in [6.45, 7) is 4.18. The van der Waals surface area contributed by atoms with Crippen LogP contribution in [0.1, 0.15) is 49.3 Å². The maximum absolute atomic E-state index is 14.6. The number of phenols is 1. The van der Waals surface area contributed by atoms with Crippen LogP contribution in [0.25, 0.3) is 0 Å². The van der Waals surface area contributed by atoms with Crippen molar-refractivity contribution in [3.8, 4) is 11.5 Å². The Kier molecular flexibility index (Phi) is 7.70. The van der Waals surface area contributed by atoms with Crippen molar-refractivity contribution in [2.75, 3.05) is 9.80 Å². The zero-order chi connectivity index (χ0) is 34.7. The Morgan fingerprint density at radius 2 is 1.44 bits per heavy atom. The second-order valence-corrected chi connectivity index (χ2v) is 14.0. The van der Waals surface area contributed by atoms with Gasteiger partial charge in [-0.1, -0.05) is 85.3 Å². The van der Waals surface area contributed by atoms with Crippen molar-refractivity contribution in [3.63, 3.8) is 0 Å². The summed E-state index contributed by atoms with van der Waals surface area (Å²) in [7, 11) is 0. The van der Waals surface area contributed by atoms with Crippen LogP contribution in [0.2, 0.25) is 0 Å². The number of carbonyl (C=O) groups is 4. The average Bonchev–Trinajstić information content (AvgIpc) is 3.51. The predicted molar refractivity (Wildman–Crippen MR) is 188 cm³/mol. The Labute approximate surface area is 291 Å². The lowest BCUT2D eigenvalue weighted by molar-refractivity contribution is -0.131. The third kappa shape index (κ3) is 4.80. The lowest BCUT2D eigenvalue weighted by Crippen LogP contribution is -2.48. The molecule has 0 spiro atoms. The molecule has 1 N–H and O–H groups in total. The van der Waals surface area contributed by atoms with E-state index in [9.17, 15) is 24.3 Å². The molecule has 0 unspecified atom stereocenters. The third-order valence-electron chi connectivity index (χ3n) is 11.5. The molecule has 6 atom stereocenters. The van der Waals surface area contributed by atoms with Crippen molar-refractivity contribution in [1.82, 2.24) is 0 Å². The van der Waals surface area contributed by atoms with E-state index in [0.29, 0.717) is 35.7 Å². The number of ether oxygens (including phenoxy) is 1. The summed E-state index contributed by atoms with van der Waals surface area (Å²) in [5.74, 6) is -4.06. The summed E-state index contributed by atoms with van der Waals surface area (Å²) < 4.78 is 6.01. The van der Waals surface area contributed by atoms with Crippen molar-refractivity contribution in [2.24, 2.45) is 29.1 Å². The van der Waals surface area contributed by atoms with Crippen LogP contribution in [0.5, 0.6) is 11.5 Å². The molecule has 8 nitrogen and oxygen atoms in total. The number of hydrogen-bond acceptors (Lipinski definition) is 6. The number of hydrogen-bond donors (Lipinski definition) is 1. The SMILES string of the molecule is CCc1ccc(N2C(=O)[C@H]3[C@H](CC=C4[C@H]3C[C@H]3C(=O)N(c5ccccc5)C(=O)[C@@]3(C)[C@H]4c3ccc(OCc4ccccc4)cc3O)C2=O)cc1. The van der Waals surface area contributed by atoms with Gasteiger partial charge in [-0.3, -0.25) is 24.1 Å². The number of phenolic OH excluding ortho intramolecular Hbond substituents is 1. The fraction of sp³-hybridized carbons (Fsp3) is 0.286. The maximum Gasteiger partial charge on any atom is 0.241 e. The standard InChI is InChI=1S/C42H38N2O6/c1-3-25-14-16-28(17-15-25)43-38(46)32-21-20-30-33(36(32)40(43)48)23-34-39(47)44(27-12-8-5-9-13-27)41(49)42(34,2)37(30)31-19-18-29(22-35(31)45)50-24-26-10-6-4-7-11-26/h4-20,22,32-34,36-37,45H,3,21,23-24H2,1-2H3/t32-,33+,34-,36-,37+,42+/m0/s1. The maximum atomic E-state index is 14.6. The smallest absolute Gasteiger partial charge is 0.241 e. The van der Waals surface area contributed by atoms with Gasteiger partial charge in [0, 0.05) is 17.5 Å². The molecule has 0 aromatic heterocycles. The van der Waals surface area contributed by atoms with E-state index >= 15 is 0 Å². The van der Waals surface area contributed by atoms with E-state index in [-0.39, 0.29) is 35.8 Å². The number of carbonyl (C=O) groups excluding carboxylic acids is 4. The van der Waals surface area contributed by atoms with Crippen molar-refractivity contribution >= 4 is 35.0 Å². The lowest BCUT2D eigenvalue weighted by atomic mass is 9.51. The molecule has 4 aliphatic rings. The number of allylic oxidation sites excluding steroid dienone is 2. The van der Waals surface area contributed by atoms with Crippen LogP contribution in [0.3, 0.4) is 0 Å². The van der Waals surface area contributed by atoms with Gasteiger partial charge in [-0.25, -0.2) is 4.90 Å². The van der Waals surface area contributed by atoms with Crippen LogP contribution in [-0.4, -0.2) is 28.7 Å². The van der Waals surface area contributed by atoms with Gasteiger partial charge in [-0.2, -0.15) is 0 Å². The van der Waals surface area contributed by atoms with E-state index in [1.54, 1.807) is 42.5 Å². The fourth-order valence-corrected chi connectivity index (χ4v) is 8.92. The average molecular weight is 667 g/mol. The molecular formula is C42H38N2O6. The molecule has 3 fully saturated rings. The molecule has 8 rings (SSSR count). The van der Waals surface area contributed by atoms with Crippen LogP contribution < -0.4 is 14.5 Å². The molecule has 4 amide bonds. The van der Waals surface area contributed by atoms with Gasteiger partial charge in [0.15, 0.2) is 0 Å². The van der Waals surface area contributed by atoms with Crippen LogP contribution >= 0.6 is 0 Å². The normalized spacial score (nSPS) is 27.2. The zero-order valence-electron chi connectivity index (χ0n) is 28.0. The third-order valence-corrected chi connectivity index (χ3v) is 11.5. The molecule has 1 saturated carbocycles. The molecule has 0 radical (unpaired) electrons. The summed E-state index contributed by atoms with van der Waals surface area (Å²) in [5, 5.41) is 11.7. The van der Waals surface area contributed by atoms with Crippen molar-refractivity contribution in [2.45, 2.75) is 45.6 Å². The van der Waals surface area contributed by atoms with Crippen LogP contribution in [0, 0.1) is 29.1 Å². The molecule has 50 heavy (non-hydrogen) atoms. The summed E-state index contributed by atoms with van der Waals surface area (Å²) in [6, 6.07) is 31.2. The molecule has 4 aromatic carbocycles. The van der Waals surface area contributed by atoms with E-state index < -0.39 is 35.0 Å². The van der Waals surface area contributed by atoms with Crippen LogP contribution in [0.15, 0.2) is 115 Å². The Morgan fingerprint density at radius 3 is 2.12 bits per heavy atom. The van der Waals surface area contributed by atoms with Crippen molar-refractivity contribution < 1.29 is 29.0 Å². The van der Waals surface area contributed by atoms with E-state index in [0.717, 1.165) is 23.1 Å². The molecule has 2 heterocycles. The highest BCUT2D eigenvalue weighted by Gasteiger charge is 2.68. The Hall–Kier alpha value is -5.50. The van der Waals surface area contributed by atoms with Gasteiger partial charge < -0.3 is 9.84 Å². The second kappa shape index (κ2) is 12.1. The van der Waals surface area contributed by atoms with Gasteiger partial charge in [-0.15, -0.1) is 0 Å². The summed E-state index contributed by atoms with van der Waals surface area (Å²) >= 11 is 0. The molecule has 2 saturated heterocycles. The number of imide groups is 2. The summed E-state index contributed by atoms with van der Waals surface area (Å²) in [6.07, 6.45) is 3.40. The second-order valence-electron chi connectivity index (χ2n) is 14.0. The summed E-state index contributed by atoms with van der Waals surface area (Å²) in [5.41, 5.74) is 3.15. The molecule has 2 aliphatic heterocycles. The molecule has 8 heteroatoms. The first-order valence-electron chi connectivity index (χ1n) is 17.3. The quantitative estimate of drug-likeness (QED) is 0.169. The number of aromatic hydroxyl groups is 1. The summed E-state index contributed by atoms with van der Waals surface area (Å²) in [4.78, 5) is 59.9. The molecule has 2 aliphatic carbocycles. The van der Waals surface area contributed by atoms with E-state index in [2.05, 4.69) is 0 Å². The first-order chi connectivity index (χ1) is 24.2. The number of rotatable bonds is 7. The first kappa shape index (κ1) is 31.7. The number of amides is 4. The fourth-order valence-electron chi connectivity index (χ4n) is 8.92. The molecule has 252 valence electrons. The highest BCUT2D eigenvalue weighted by atomic mass is 16.5. The topological polar surface area (TPSA) is 104 Å². The minimum atomic E-state index is -1.26. The Morgan fingerprint density at radius 1 is 0.760 bits per heavy atom. The minimum absolute atomic E-state index is 0.0610. The number of anilines is 2. The number of fused-ring (bicyclic) bond motifs is 4. The van der Waals surface area contributed by atoms with Gasteiger partial charge in [-0.05, 0) is 73.6 Å². The highest BCUT2D eigenvalue weighted by molar-refractivity contribution is 6.25. The Balaban J connectivity index is 1.21. The van der Waals surface area contributed by atoms with Gasteiger partial charge in [0.05, 0.1) is 34.5 Å². The van der Waals surface area contributed by atoms with Crippen LogP contribution in [0.4, 0.5) is 11.4 Å². The molecule has 0 bridgehead atoms. The number of nitrogens with zero attached hydrogens (tertiary/aromatic N) is 2. The van der Waals surface area contributed by atoms with Gasteiger partial charge in [0.25, 0.3) is 0 Å². The molecular weight excluding hydrogens is 628 g/mol. The van der Waals surface area contributed by atoms with Gasteiger partial charge in [0.2, 0.25) is 23.6 Å². The zero-order valence-corrected chi connectivity index (χ0v) is 28.0. The van der Waals surface area contributed by atoms with E-state index in [1.165, 1.54) is 9.80 Å². The largest absolute Gasteiger partial charge is 0.508 e. The highest BCUT2D eigenvalue weighted by Crippen LogP contribution is 2.64. The van der Waals surface area contributed by atoms with E-state index in [1.807, 2.05) is 80.6 Å². The minimum Gasteiger partial charge on any atom is -0.508 e.